The van der Waals surface area contributed by atoms with Gasteiger partial charge < -0.3 is 18.9 Å². The molecule has 0 aliphatic carbocycles. The highest BCUT2D eigenvalue weighted by atomic mass is 32.3. The van der Waals surface area contributed by atoms with Gasteiger partial charge in [0.1, 0.15) is 11.5 Å². The predicted molar refractivity (Wildman–Crippen MR) is 127 cm³/mol. The second-order valence-electron chi connectivity index (χ2n) is 7.12. The maximum Gasteiger partial charge on any atom is 0.175 e. The van der Waals surface area contributed by atoms with Crippen molar-refractivity contribution in [2.45, 2.75) is 38.2 Å². The Balaban J connectivity index is 1.90. The largest absolute Gasteiger partial charge is 0.493 e. The van der Waals surface area contributed by atoms with Gasteiger partial charge in [-0.3, -0.25) is 9.97 Å². The summed E-state index contributed by atoms with van der Waals surface area (Å²) in [5.74, 6) is 1.33. The summed E-state index contributed by atoms with van der Waals surface area (Å²) in [5, 5.41) is 0. The summed E-state index contributed by atoms with van der Waals surface area (Å²) in [6.07, 6.45) is 4.70. The molecule has 0 fully saturated rings. The molecule has 0 unspecified atom stereocenters. The van der Waals surface area contributed by atoms with Crippen LogP contribution in [0.25, 0.3) is 0 Å². The molecule has 0 atom stereocenters. The van der Waals surface area contributed by atoms with E-state index in [1.807, 2.05) is 13.8 Å². The van der Waals surface area contributed by atoms with E-state index in [1.165, 1.54) is 0 Å². The Morgan fingerprint density at radius 2 is 1.15 bits per heavy atom. The van der Waals surface area contributed by atoms with Crippen LogP contribution in [0.4, 0.5) is 0 Å². The van der Waals surface area contributed by atoms with Crippen LogP contribution in [-0.2, 0) is 46.8 Å². The molecule has 0 amide bonds. The lowest BCUT2D eigenvalue weighted by atomic mass is 10.2. The first-order chi connectivity index (χ1) is 16.0. The van der Waals surface area contributed by atoms with E-state index in [1.54, 1.807) is 38.7 Å². The van der Waals surface area contributed by atoms with Gasteiger partial charge in [-0.1, -0.05) is 0 Å². The van der Waals surface area contributed by atoms with Crippen molar-refractivity contribution in [1.82, 2.24) is 9.97 Å². The molecule has 0 aliphatic heterocycles. The monoisotopic (exact) mass is 500 g/mol. The van der Waals surface area contributed by atoms with Gasteiger partial charge in [0.05, 0.1) is 36.1 Å². The molecule has 2 heterocycles. The van der Waals surface area contributed by atoms with Crippen LogP contribution in [0, 0.1) is 13.8 Å². The zero-order valence-electron chi connectivity index (χ0n) is 19.5. The van der Waals surface area contributed by atoms with E-state index in [4.69, 9.17) is 22.6 Å². The van der Waals surface area contributed by atoms with Crippen LogP contribution in [0.1, 0.15) is 35.4 Å². The summed E-state index contributed by atoms with van der Waals surface area (Å²) >= 11 is -3.66. The summed E-state index contributed by atoms with van der Waals surface area (Å²) in [6.45, 7) is 5.91. The highest BCUT2D eigenvalue weighted by Gasteiger charge is 2.16. The molecule has 0 aromatic carbocycles. The van der Waals surface area contributed by atoms with Gasteiger partial charge in [0.25, 0.3) is 0 Å². The number of pyridine rings is 2. The molecule has 0 spiro atoms. The maximum atomic E-state index is 12.5. The molecule has 2 aromatic rings. The molecule has 184 valence electrons. The molecule has 0 radical (unpaired) electrons. The fourth-order valence-electron chi connectivity index (χ4n) is 2.85. The van der Waals surface area contributed by atoms with Gasteiger partial charge in [-0.25, -0.2) is 8.42 Å². The highest BCUT2D eigenvalue weighted by Crippen LogP contribution is 2.23. The summed E-state index contributed by atoms with van der Waals surface area (Å²) in [7, 11) is 3.28. The van der Waals surface area contributed by atoms with E-state index in [0.29, 0.717) is 49.3 Å². The molecule has 33 heavy (non-hydrogen) atoms. The second-order valence-corrected chi connectivity index (χ2v) is 9.45. The molecular formula is C22H32N2O7S2. The van der Waals surface area contributed by atoms with E-state index in [-0.39, 0.29) is 11.5 Å². The van der Waals surface area contributed by atoms with Gasteiger partial charge in [0.2, 0.25) is 0 Å². The Kier molecular flexibility index (Phi) is 12.5. The fraction of sp³-hybridized carbons (Fsp3) is 0.545. The lowest BCUT2D eigenvalue weighted by molar-refractivity contribution is 0.171. The number of rotatable bonds is 16. The normalized spacial score (nSPS) is 13.0. The van der Waals surface area contributed by atoms with Gasteiger partial charge in [0.15, 0.2) is 22.2 Å². The van der Waals surface area contributed by atoms with Gasteiger partial charge in [-0.05, 0) is 26.0 Å². The summed E-state index contributed by atoms with van der Waals surface area (Å²) in [4.78, 5) is 8.53. The summed E-state index contributed by atoms with van der Waals surface area (Å²) < 4.78 is 51.7. The molecule has 11 heteroatoms. The van der Waals surface area contributed by atoms with Gasteiger partial charge in [-0.15, -0.1) is 0 Å². The van der Waals surface area contributed by atoms with Gasteiger partial charge in [-0.2, -0.15) is 3.63 Å². The summed E-state index contributed by atoms with van der Waals surface area (Å²) in [5.41, 5.74) is 2.67. The summed E-state index contributed by atoms with van der Waals surface area (Å²) in [6, 6.07) is 3.51. The van der Waals surface area contributed by atoms with E-state index in [2.05, 4.69) is 9.97 Å². The minimum absolute atomic E-state index is 0.00189. The van der Waals surface area contributed by atoms with Crippen LogP contribution in [0.5, 0.6) is 11.5 Å². The molecule has 0 saturated heterocycles. The van der Waals surface area contributed by atoms with Crippen molar-refractivity contribution in [2.75, 3.05) is 40.6 Å². The molecule has 9 nitrogen and oxygen atoms in total. The lowest BCUT2D eigenvalue weighted by Gasteiger charge is -2.12. The third-order valence-corrected chi connectivity index (χ3v) is 6.91. The quantitative estimate of drug-likeness (QED) is 0.322. The Labute approximate surface area is 200 Å². The van der Waals surface area contributed by atoms with Gasteiger partial charge in [0, 0.05) is 63.8 Å². The number of ether oxygens (including phenoxy) is 4. The van der Waals surface area contributed by atoms with Crippen LogP contribution in [0.15, 0.2) is 24.5 Å². The zero-order chi connectivity index (χ0) is 24.1. The smallest absolute Gasteiger partial charge is 0.175 e. The molecule has 0 bridgehead atoms. The first kappa shape index (κ1) is 27.3. The van der Waals surface area contributed by atoms with E-state index >= 15 is 0 Å². The molecule has 0 saturated carbocycles. The van der Waals surface area contributed by atoms with Crippen molar-refractivity contribution in [1.29, 1.82) is 0 Å². The van der Waals surface area contributed by atoms with Crippen LogP contribution in [0.3, 0.4) is 0 Å². The standard InChI is InChI=1S/C22H32N2O7S2/c1-17-19(23-9-7-21(17)29-13-5-11-27-3)15-32(25)31-33(26)16-20-18(2)22(8-10-24-20)30-14-6-12-28-4/h7-10H,5-6,11-16H2,1-4H3. The van der Waals surface area contributed by atoms with E-state index in [0.717, 1.165) is 24.0 Å². The van der Waals surface area contributed by atoms with Crippen molar-refractivity contribution >= 4 is 22.2 Å². The zero-order valence-corrected chi connectivity index (χ0v) is 21.2. The number of hydrogen-bond donors (Lipinski definition) is 0. The van der Waals surface area contributed by atoms with Gasteiger partial charge >= 0.3 is 0 Å². The van der Waals surface area contributed by atoms with Crippen molar-refractivity contribution in [3.8, 4) is 11.5 Å². The minimum atomic E-state index is -1.83. The van der Waals surface area contributed by atoms with E-state index < -0.39 is 22.2 Å². The molecule has 0 aliphatic rings. The first-order valence-electron chi connectivity index (χ1n) is 10.5. The van der Waals surface area contributed by atoms with Crippen molar-refractivity contribution < 1.29 is 31.0 Å². The molecule has 0 N–H and O–H groups in total. The lowest BCUT2D eigenvalue weighted by Crippen LogP contribution is -2.11. The highest BCUT2D eigenvalue weighted by molar-refractivity contribution is 7.92. The fourth-order valence-corrected chi connectivity index (χ4v) is 4.94. The Morgan fingerprint density at radius 1 is 0.727 bits per heavy atom. The predicted octanol–water partition coefficient (Wildman–Crippen LogP) is 2.97. The Bertz CT molecular complexity index is 854. The Morgan fingerprint density at radius 3 is 1.55 bits per heavy atom. The van der Waals surface area contributed by atoms with Crippen LogP contribution < -0.4 is 9.47 Å². The second kappa shape index (κ2) is 15.1. The number of hydrogen-bond acceptors (Lipinski definition) is 9. The topological polar surface area (TPSA) is 106 Å². The first-order valence-corrected chi connectivity index (χ1v) is 13.0. The maximum absolute atomic E-state index is 12.5. The average molecular weight is 501 g/mol. The number of aromatic nitrogens is 2. The molecule has 2 aromatic heterocycles. The minimum Gasteiger partial charge on any atom is -0.493 e. The third kappa shape index (κ3) is 9.46. The average Bonchev–Trinajstić information content (AvgIpc) is 2.78. The van der Waals surface area contributed by atoms with Crippen LogP contribution in [0.2, 0.25) is 0 Å². The Hall–Kier alpha value is -1.92. The van der Waals surface area contributed by atoms with Crippen LogP contribution >= 0.6 is 0 Å². The third-order valence-electron chi connectivity index (χ3n) is 4.68. The number of nitrogens with zero attached hydrogens (tertiary/aromatic N) is 2. The van der Waals surface area contributed by atoms with E-state index in [9.17, 15) is 8.42 Å². The van der Waals surface area contributed by atoms with Crippen molar-refractivity contribution in [3.63, 3.8) is 0 Å². The number of methoxy groups -OCH3 is 2. The molecule has 2 rings (SSSR count). The van der Waals surface area contributed by atoms with Crippen molar-refractivity contribution in [2.24, 2.45) is 0 Å². The van der Waals surface area contributed by atoms with Crippen LogP contribution in [-0.4, -0.2) is 59.0 Å². The van der Waals surface area contributed by atoms with Crippen molar-refractivity contribution in [3.05, 3.63) is 47.0 Å². The molecular weight excluding hydrogens is 468 g/mol. The SMILES string of the molecule is COCCCOc1ccnc(CS(=O)OS(=O)Cc2nccc(OCCCOC)c2C)c1C.